The molecule has 1 N–H and O–H groups in total. The Morgan fingerprint density at radius 3 is 2.00 bits per heavy atom. The third-order valence-electron chi connectivity index (χ3n) is 3.17. The number of ether oxygens (including phenoxy) is 1. The summed E-state index contributed by atoms with van der Waals surface area (Å²) in [6, 6.07) is 0. The van der Waals surface area contributed by atoms with Crippen LogP contribution in [0.2, 0.25) is 0 Å². The zero-order chi connectivity index (χ0) is 18.2. The molecule has 0 aliphatic rings. The Labute approximate surface area is 135 Å². The summed E-state index contributed by atoms with van der Waals surface area (Å²) in [4.78, 5) is 36.8. The Hall–Kier alpha value is -2.11. The smallest absolute Gasteiger partial charge is 0.354 e. The second-order valence-electron chi connectivity index (χ2n) is 7.37. The number of carbonyl (C=O) groups is 2. The van der Waals surface area contributed by atoms with Crippen LogP contribution in [0.25, 0.3) is 0 Å². The van der Waals surface area contributed by atoms with Crippen molar-refractivity contribution in [2.75, 3.05) is 6.61 Å². The van der Waals surface area contributed by atoms with Crippen molar-refractivity contribution in [1.82, 2.24) is 0 Å². The van der Waals surface area contributed by atoms with E-state index in [1.807, 2.05) is 0 Å². The molecule has 1 rings (SSSR count). The molecule has 0 amide bonds. The van der Waals surface area contributed by atoms with E-state index in [0.717, 1.165) is 0 Å². The SMILES string of the molecule is CCOC(=O)c1c(O)c(C(=O)C(C)(C)C)c(C(C)(C)C)oc1=O. The second-order valence-corrected chi connectivity index (χ2v) is 7.37. The van der Waals surface area contributed by atoms with E-state index in [1.54, 1.807) is 48.5 Å². The maximum atomic E-state index is 12.7. The standard InChI is InChI=1S/C17H24O6/c1-8-22-14(20)10-11(18)9(12(19)16(2,3)4)13(17(5,6)7)23-15(10)21/h18H,8H2,1-7H3. The van der Waals surface area contributed by atoms with Crippen LogP contribution in [0.15, 0.2) is 9.21 Å². The van der Waals surface area contributed by atoms with E-state index >= 15 is 0 Å². The Morgan fingerprint density at radius 2 is 1.61 bits per heavy atom. The second kappa shape index (κ2) is 6.18. The molecule has 0 saturated heterocycles. The van der Waals surface area contributed by atoms with Crippen LogP contribution < -0.4 is 5.63 Å². The van der Waals surface area contributed by atoms with Crippen LogP contribution in [0.3, 0.4) is 0 Å². The van der Waals surface area contributed by atoms with E-state index in [0.29, 0.717) is 0 Å². The largest absolute Gasteiger partial charge is 0.506 e. The quantitative estimate of drug-likeness (QED) is 0.678. The minimum absolute atomic E-state index is 0.0291. The van der Waals surface area contributed by atoms with Gasteiger partial charge in [0.25, 0.3) is 0 Å². The van der Waals surface area contributed by atoms with E-state index in [-0.39, 0.29) is 17.9 Å². The van der Waals surface area contributed by atoms with E-state index < -0.39 is 39.5 Å². The van der Waals surface area contributed by atoms with E-state index in [1.165, 1.54) is 0 Å². The van der Waals surface area contributed by atoms with Gasteiger partial charge in [0.1, 0.15) is 11.3 Å². The summed E-state index contributed by atoms with van der Waals surface area (Å²) in [5, 5.41) is 10.5. The van der Waals surface area contributed by atoms with E-state index in [9.17, 15) is 19.5 Å². The van der Waals surface area contributed by atoms with Gasteiger partial charge in [-0.3, -0.25) is 4.79 Å². The number of hydrogen-bond acceptors (Lipinski definition) is 6. The zero-order valence-corrected chi connectivity index (χ0v) is 14.7. The monoisotopic (exact) mass is 324 g/mol. The Balaban J connectivity index is 3.82. The predicted octanol–water partition coefficient (Wildman–Crippen LogP) is 3.05. The minimum Gasteiger partial charge on any atom is -0.506 e. The molecule has 23 heavy (non-hydrogen) atoms. The molecule has 0 aromatic carbocycles. The molecule has 6 heteroatoms. The average Bonchev–Trinajstić information content (AvgIpc) is 2.35. The molecule has 0 fully saturated rings. The first-order valence-corrected chi connectivity index (χ1v) is 7.44. The Morgan fingerprint density at radius 1 is 1.09 bits per heavy atom. The molecule has 128 valence electrons. The summed E-state index contributed by atoms with van der Waals surface area (Å²) in [6.45, 7) is 11.9. The Bertz CT molecular complexity index is 683. The van der Waals surface area contributed by atoms with Crippen molar-refractivity contribution in [3.63, 3.8) is 0 Å². The van der Waals surface area contributed by atoms with Crippen LogP contribution in [-0.2, 0) is 10.2 Å². The number of hydrogen-bond donors (Lipinski definition) is 1. The zero-order valence-electron chi connectivity index (χ0n) is 14.7. The van der Waals surface area contributed by atoms with Crippen LogP contribution in [0.5, 0.6) is 5.75 Å². The molecule has 1 heterocycles. The number of esters is 1. The van der Waals surface area contributed by atoms with Crippen LogP contribution in [-0.4, -0.2) is 23.5 Å². The number of aromatic hydroxyl groups is 1. The van der Waals surface area contributed by atoms with Crippen LogP contribution in [0.1, 0.15) is 74.9 Å². The van der Waals surface area contributed by atoms with Crippen molar-refractivity contribution in [3.05, 3.63) is 27.3 Å². The van der Waals surface area contributed by atoms with E-state index in [4.69, 9.17) is 9.15 Å². The minimum atomic E-state index is -1.02. The molecule has 0 radical (unpaired) electrons. The summed E-state index contributed by atoms with van der Waals surface area (Å²) >= 11 is 0. The molecule has 1 aromatic rings. The summed E-state index contributed by atoms with van der Waals surface area (Å²) < 4.78 is 10.00. The molecule has 0 aliphatic heterocycles. The van der Waals surface area contributed by atoms with Crippen molar-refractivity contribution in [2.45, 2.75) is 53.9 Å². The van der Waals surface area contributed by atoms with E-state index in [2.05, 4.69) is 0 Å². The molecule has 0 unspecified atom stereocenters. The third-order valence-corrected chi connectivity index (χ3v) is 3.17. The lowest BCUT2D eigenvalue weighted by atomic mass is 9.80. The normalized spacial score (nSPS) is 12.1. The van der Waals surface area contributed by atoms with Crippen LogP contribution in [0.4, 0.5) is 0 Å². The van der Waals surface area contributed by atoms with Gasteiger partial charge in [-0.05, 0) is 6.92 Å². The van der Waals surface area contributed by atoms with Gasteiger partial charge in [0, 0.05) is 10.8 Å². The highest BCUT2D eigenvalue weighted by molar-refractivity contribution is 6.06. The summed E-state index contributed by atoms with van der Waals surface area (Å²) in [5.74, 6) is -2.06. The maximum Gasteiger partial charge on any atom is 0.354 e. The topological polar surface area (TPSA) is 93.8 Å². The number of Topliss-reactive ketones (excluding diaryl/α,β-unsaturated/α-hetero) is 1. The van der Waals surface area contributed by atoms with Gasteiger partial charge in [-0.15, -0.1) is 0 Å². The average molecular weight is 324 g/mol. The number of carbonyl (C=O) groups excluding carboxylic acids is 2. The molecular formula is C17H24O6. The first-order valence-electron chi connectivity index (χ1n) is 7.44. The fraction of sp³-hybridized carbons (Fsp3) is 0.588. The van der Waals surface area contributed by atoms with Gasteiger partial charge in [-0.2, -0.15) is 0 Å². The van der Waals surface area contributed by atoms with Crippen LogP contribution in [0, 0.1) is 5.41 Å². The van der Waals surface area contributed by atoms with Crippen molar-refractivity contribution < 1.29 is 23.8 Å². The molecule has 6 nitrogen and oxygen atoms in total. The number of ketones is 1. The Kier molecular flexibility index (Phi) is 5.09. The van der Waals surface area contributed by atoms with Gasteiger partial charge < -0.3 is 14.3 Å². The van der Waals surface area contributed by atoms with Gasteiger partial charge in [0.2, 0.25) is 0 Å². The summed E-state index contributed by atoms with van der Waals surface area (Å²) in [6.07, 6.45) is 0. The molecule has 0 bridgehead atoms. The lowest BCUT2D eigenvalue weighted by Gasteiger charge is -2.25. The highest BCUT2D eigenvalue weighted by atomic mass is 16.5. The van der Waals surface area contributed by atoms with Crippen molar-refractivity contribution in [2.24, 2.45) is 5.41 Å². The van der Waals surface area contributed by atoms with Crippen LogP contribution >= 0.6 is 0 Å². The van der Waals surface area contributed by atoms with Gasteiger partial charge >= 0.3 is 11.6 Å². The number of rotatable bonds is 3. The first-order chi connectivity index (χ1) is 10.3. The third kappa shape index (κ3) is 3.81. The predicted molar refractivity (Wildman–Crippen MR) is 85.1 cm³/mol. The molecular weight excluding hydrogens is 300 g/mol. The van der Waals surface area contributed by atoms with Gasteiger partial charge in [-0.1, -0.05) is 41.5 Å². The van der Waals surface area contributed by atoms with Gasteiger partial charge in [0.05, 0.1) is 6.61 Å². The molecule has 0 spiro atoms. The molecule has 0 atom stereocenters. The highest BCUT2D eigenvalue weighted by Gasteiger charge is 2.37. The van der Waals surface area contributed by atoms with Crippen molar-refractivity contribution in [1.29, 1.82) is 0 Å². The molecule has 0 saturated carbocycles. The lowest BCUT2D eigenvalue weighted by molar-refractivity contribution is 0.0516. The molecule has 1 aromatic heterocycles. The lowest BCUT2D eigenvalue weighted by Crippen LogP contribution is -2.29. The van der Waals surface area contributed by atoms with Crippen molar-refractivity contribution in [3.8, 4) is 5.75 Å². The summed E-state index contributed by atoms with van der Waals surface area (Å²) in [5.41, 5.74) is -3.35. The fourth-order valence-corrected chi connectivity index (χ4v) is 2.02. The fourth-order valence-electron chi connectivity index (χ4n) is 2.02. The van der Waals surface area contributed by atoms with Crippen molar-refractivity contribution >= 4 is 11.8 Å². The maximum absolute atomic E-state index is 12.7. The first kappa shape index (κ1) is 18.9. The summed E-state index contributed by atoms with van der Waals surface area (Å²) in [7, 11) is 0. The highest BCUT2D eigenvalue weighted by Crippen LogP contribution is 2.36. The van der Waals surface area contributed by atoms with Gasteiger partial charge in [0.15, 0.2) is 17.1 Å². The molecule has 0 aliphatic carbocycles. The van der Waals surface area contributed by atoms with Gasteiger partial charge in [-0.25, -0.2) is 9.59 Å².